The van der Waals surface area contributed by atoms with Crippen molar-refractivity contribution >= 4 is 11.7 Å². The molecule has 0 aromatic heterocycles. The van der Waals surface area contributed by atoms with Gasteiger partial charge < -0.3 is 20.6 Å². The number of carbonyl (C=O) groups is 1. The molecule has 5 heteroatoms. The molecule has 108 valence electrons. The first kappa shape index (κ1) is 13.3. The Balaban J connectivity index is 2.18. The molecule has 5 nitrogen and oxygen atoms in total. The number of rotatable bonds is 1. The van der Waals surface area contributed by atoms with Crippen molar-refractivity contribution in [3.63, 3.8) is 0 Å². The average molecular weight is 285 g/mol. The van der Waals surface area contributed by atoms with Crippen molar-refractivity contribution in [1.82, 2.24) is 0 Å². The monoisotopic (exact) mass is 285 g/mol. The maximum Gasteiger partial charge on any atom is 0.330 e. The van der Waals surface area contributed by atoms with Crippen LogP contribution in [0.3, 0.4) is 0 Å². The number of para-hydroxylation sites is 2. The maximum atomic E-state index is 11.5. The summed E-state index contributed by atoms with van der Waals surface area (Å²) in [6, 6.07) is 9.14. The van der Waals surface area contributed by atoms with Crippen LogP contribution in [0.5, 0.6) is 11.5 Å². The van der Waals surface area contributed by atoms with E-state index in [4.69, 9.17) is 0 Å². The first-order chi connectivity index (χ1) is 10.1. The molecule has 0 amide bonds. The lowest BCUT2D eigenvalue weighted by Crippen LogP contribution is -2.21. The van der Waals surface area contributed by atoms with Crippen molar-refractivity contribution in [2.24, 2.45) is 0 Å². The number of benzene rings is 2. The lowest BCUT2D eigenvalue weighted by Gasteiger charge is -2.22. The third-order valence-corrected chi connectivity index (χ3v) is 3.79. The maximum absolute atomic E-state index is 11.5. The number of phenols is 2. The van der Waals surface area contributed by atoms with Crippen LogP contribution in [0.1, 0.15) is 22.7 Å². The van der Waals surface area contributed by atoms with Gasteiger partial charge in [0.05, 0.1) is 5.69 Å². The van der Waals surface area contributed by atoms with Crippen molar-refractivity contribution in [2.45, 2.75) is 18.9 Å². The third-order valence-electron chi connectivity index (χ3n) is 3.79. The molecule has 0 aliphatic carbocycles. The summed E-state index contributed by atoms with van der Waals surface area (Å²) in [5.41, 5.74) is 2.04. The molecule has 0 fully saturated rings. The van der Waals surface area contributed by atoms with Gasteiger partial charge in [0, 0.05) is 5.56 Å². The minimum absolute atomic E-state index is 0.00189. The summed E-state index contributed by atoms with van der Waals surface area (Å²) in [4.78, 5) is 11.5. The van der Waals surface area contributed by atoms with E-state index in [-0.39, 0.29) is 11.5 Å². The Bertz CT molecular complexity index is 711. The number of aromatic hydroxyl groups is 2. The molecule has 1 aliphatic rings. The van der Waals surface area contributed by atoms with Crippen LogP contribution in [-0.2, 0) is 17.6 Å². The van der Waals surface area contributed by atoms with Crippen LogP contribution < -0.4 is 5.32 Å². The van der Waals surface area contributed by atoms with Crippen molar-refractivity contribution < 1.29 is 20.1 Å². The largest absolute Gasteiger partial charge is 0.507 e. The zero-order valence-electron chi connectivity index (χ0n) is 11.2. The summed E-state index contributed by atoms with van der Waals surface area (Å²) >= 11 is 0. The van der Waals surface area contributed by atoms with Gasteiger partial charge in [0.2, 0.25) is 0 Å². The Kier molecular flexibility index (Phi) is 3.17. The van der Waals surface area contributed by atoms with E-state index in [1.807, 2.05) is 0 Å². The third kappa shape index (κ3) is 2.27. The fourth-order valence-electron chi connectivity index (χ4n) is 2.65. The van der Waals surface area contributed by atoms with Gasteiger partial charge in [-0.15, -0.1) is 0 Å². The predicted octanol–water partition coefficient (Wildman–Crippen LogP) is 2.43. The van der Waals surface area contributed by atoms with Crippen LogP contribution in [0.4, 0.5) is 5.69 Å². The first-order valence-electron chi connectivity index (χ1n) is 6.69. The molecule has 0 saturated heterocycles. The van der Waals surface area contributed by atoms with E-state index < -0.39 is 12.0 Å². The number of aliphatic carboxylic acids is 1. The van der Waals surface area contributed by atoms with Crippen molar-refractivity contribution in [1.29, 1.82) is 0 Å². The van der Waals surface area contributed by atoms with Gasteiger partial charge >= 0.3 is 5.97 Å². The molecule has 4 bridgehead atoms. The molecular weight excluding hydrogens is 270 g/mol. The van der Waals surface area contributed by atoms with Gasteiger partial charge in [-0.1, -0.05) is 30.3 Å². The Labute approximate surface area is 121 Å². The zero-order valence-corrected chi connectivity index (χ0v) is 11.2. The normalized spacial score (nSPS) is 16.9. The second kappa shape index (κ2) is 5.01. The molecule has 0 spiro atoms. The highest BCUT2D eigenvalue weighted by atomic mass is 16.4. The number of nitrogens with one attached hydrogen (secondary N) is 1. The second-order valence-electron chi connectivity index (χ2n) is 5.08. The van der Waals surface area contributed by atoms with E-state index in [0.717, 1.165) is 5.56 Å². The molecule has 21 heavy (non-hydrogen) atoms. The topological polar surface area (TPSA) is 89.8 Å². The summed E-state index contributed by atoms with van der Waals surface area (Å²) in [7, 11) is 0. The predicted molar refractivity (Wildman–Crippen MR) is 77.6 cm³/mol. The molecule has 2 aromatic carbocycles. The molecule has 4 N–H and O–H groups in total. The Hall–Kier alpha value is -2.69. The van der Waals surface area contributed by atoms with Crippen LogP contribution >= 0.6 is 0 Å². The SMILES string of the molecule is O=C(O)C1Nc2cccc(c2O)CCc2cccc1c2O. The minimum Gasteiger partial charge on any atom is -0.507 e. The van der Waals surface area contributed by atoms with Crippen molar-refractivity contribution in [3.05, 3.63) is 53.1 Å². The van der Waals surface area contributed by atoms with E-state index in [0.29, 0.717) is 29.7 Å². The van der Waals surface area contributed by atoms with Gasteiger partial charge in [0.1, 0.15) is 11.5 Å². The van der Waals surface area contributed by atoms with Gasteiger partial charge in [0.25, 0.3) is 0 Å². The first-order valence-corrected chi connectivity index (χ1v) is 6.69. The molecule has 1 atom stereocenters. The van der Waals surface area contributed by atoms with Crippen LogP contribution in [-0.4, -0.2) is 21.3 Å². The molecule has 3 rings (SSSR count). The van der Waals surface area contributed by atoms with Gasteiger partial charge in [-0.2, -0.15) is 0 Å². The Morgan fingerprint density at radius 2 is 1.62 bits per heavy atom. The van der Waals surface area contributed by atoms with E-state index in [1.165, 1.54) is 0 Å². The lowest BCUT2D eigenvalue weighted by molar-refractivity contribution is -0.138. The van der Waals surface area contributed by atoms with Crippen LogP contribution in [0, 0.1) is 0 Å². The van der Waals surface area contributed by atoms with Crippen LogP contribution in [0.15, 0.2) is 36.4 Å². The smallest absolute Gasteiger partial charge is 0.330 e. The van der Waals surface area contributed by atoms with E-state index in [1.54, 1.807) is 36.4 Å². The summed E-state index contributed by atoms with van der Waals surface area (Å²) in [6.07, 6.45) is 1.10. The summed E-state index contributed by atoms with van der Waals surface area (Å²) < 4.78 is 0. The number of carboxylic acids is 1. The Morgan fingerprint density at radius 1 is 1.00 bits per heavy atom. The highest BCUT2D eigenvalue weighted by molar-refractivity contribution is 5.81. The summed E-state index contributed by atoms with van der Waals surface area (Å²) in [5, 5.41) is 32.8. The number of anilines is 1. The van der Waals surface area contributed by atoms with Crippen LogP contribution in [0.25, 0.3) is 0 Å². The van der Waals surface area contributed by atoms with E-state index in [2.05, 4.69) is 5.32 Å². The molecule has 2 aromatic rings. The van der Waals surface area contributed by atoms with Crippen LogP contribution in [0.2, 0.25) is 0 Å². The second-order valence-corrected chi connectivity index (χ2v) is 5.08. The number of hydrogen-bond acceptors (Lipinski definition) is 4. The van der Waals surface area contributed by atoms with Gasteiger partial charge in [-0.25, -0.2) is 4.79 Å². The molecule has 1 unspecified atom stereocenters. The quantitative estimate of drug-likeness (QED) is 0.604. The lowest BCUT2D eigenvalue weighted by atomic mass is 9.95. The molecular formula is C16H15NO4. The number of phenolic OH excluding ortho intramolecular Hbond substituents is 2. The highest BCUT2D eigenvalue weighted by Gasteiger charge is 2.26. The van der Waals surface area contributed by atoms with Crippen molar-refractivity contribution in [3.8, 4) is 11.5 Å². The van der Waals surface area contributed by atoms with Crippen molar-refractivity contribution in [2.75, 3.05) is 5.32 Å². The fourth-order valence-corrected chi connectivity index (χ4v) is 2.65. The zero-order chi connectivity index (χ0) is 15.0. The number of hydrogen-bond donors (Lipinski definition) is 4. The Morgan fingerprint density at radius 3 is 2.29 bits per heavy atom. The van der Waals surface area contributed by atoms with Gasteiger partial charge in [-0.3, -0.25) is 0 Å². The molecule has 1 heterocycles. The van der Waals surface area contributed by atoms with E-state index in [9.17, 15) is 20.1 Å². The number of aryl methyl sites for hydroxylation is 2. The van der Waals surface area contributed by atoms with E-state index >= 15 is 0 Å². The highest BCUT2D eigenvalue weighted by Crippen LogP contribution is 2.37. The standard InChI is InChI=1S/C16H15NO4/c18-14-9-3-1-5-11(14)13(16(20)21)17-12-6-2-4-10(8-7-9)15(12)19/h1-6,13,17-19H,7-8H2,(H,20,21). The fraction of sp³-hybridized carbons (Fsp3) is 0.188. The summed E-state index contributed by atoms with van der Waals surface area (Å²) in [5.74, 6) is -1.05. The number of fused-ring (bicyclic) bond motifs is 4. The minimum atomic E-state index is -1.12. The molecule has 0 radical (unpaired) electrons. The average Bonchev–Trinajstić information content (AvgIpc) is 2.45. The van der Waals surface area contributed by atoms with Gasteiger partial charge in [0.15, 0.2) is 6.04 Å². The molecule has 1 aliphatic heterocycles. The summed E-state index contributed by atoms with van der Waals surface area (Å²) in [6.45, 7) is 0. The number of carboxylic acid groups (broad SMARTS) is 1. The van der Waals surface area contributed by atoms with Gasteiger partial charge in [-0.05, 0) is 30.0 Å². The molecule has 0 saturated carbocycles.